The van der Waals surface area contributed by atoms with Gasteiger partial charge in [-0.2, -0.15) is 0 Å². The van der Waals surface area contributed by atoms with Gasteiger partial charge in [-0.1, -0.05) is 12.1 Å². The number of fused-ring (bicyclic) bond motifs is 1. The highest BCUT2D eigenvalue weighted by molar-refractivity contribution is 7.17. The topological polar surface area (TPSA) is 61.3 Å². The third-order valence-electron chi connectivity index (χ3n) is 4.02. The molecule has 0 amide bonds. The van der Waals surface area contributed by atoms with Gasteiger partial charge in [0, 0.05) is 16.5 Å². The Kier molecular flexibility index (Phi) is 4.52. The predicted molar refractivity (Wildman–Crippen MR) is 101 cm³/mol. The summed E-state index contributed by atoms with van der Waals surface area (Å²) in [5.41, 5.74) is 2.13. The summed E-state index contributed by atoms with van der Waals surface area (Å²) in [4.78, 5) is 20.4. The van der Waals surface area contributed by atoms with Crippen LogP contribution in [-0.2, 0) is 0 Å². The fraction of sp³-hybridized carbons (Fsp3) is 0.0500. The van der Waals surface area contributed by atoms with E-state index in [-0.39, 0.29) is 5.82 Å². The number of carbonyl (C=O) groups excluding carboxylic acids is 1. The number of carbonyl (C=O) groups is 1. The number of halogens is 1. The Morgan fingerprint density at radius 2 is 1.89 bits per heavy atom. The Labute approximate surface area is 158 Å². The number of ether oxygens (including phenoxy) is 2. The van der Waals surface area contributed by atoms with Crippen molar-refractivity contribution in [1.82, 2.24) is 9.97 Å². The van der Waals surface area contributed by atoms with E-state index in [0.717, 1.165) is 22.2 Å². The number of methoxy groups -OCH3 is 1. The summed E-state index contributed by atoms with van der Waals surface area (Å²) in [5.74, 6) is 0.882. The maximum Gasteiger partial charge on any atom is 0.231 e. The Balaban J connectivity index is 1.84. The first-order chi connectivity index (χ1) is 13.2. The van der Waals surface area contributed by atoms with Gasteiger partial charge in [0.15, 0.2) is 11.5 Å². The molecule has 2 aromatic carbocycles. The number of benzene rings is 2. The second kappa shape index (κ2) is 7.13. The molecule has 0 radical (unpaired) electrons. The zero-order chi connectivity index (χ0) is 18.8. The highest BCUT2D eigenvalue weighted by Gasteiger charge is 2.17. The molecule has 0 unspecified atom stereocenters. The van der Waals surface area contributed by atoms with Crippen LogP contribution in [0.2, 0.25) is 0 Å². The smallest absolute Gasteiger partial charge is 0.231 e. The van der Waals surface area contributed by atoms with Crippen LogP contribution >= 0.6 is 11.3 Å². The van der Waals surface area contributed by atoms with Gasteiger partial charge < -0.3 is 9.47 Å². The lowest BCUT2D eigenvalue weighted by Gasteiger charge is -2.11. The zero-order valence-electron chi connectivity index (χ0n) is 14.2. The SMILES string of the molecule is COc1ccc(C=O)cc1Oc1ncnc2scc(-c3ccc(F)cc3)c12. The maximum absolute atomic E-state index is 13.3. The molecule has 134 valence electrons. The van der Waals surface area contributed by atoms with Crippen LogP contribution in [0.15, 0.2) is 54.2 Å². The average Bonchev–Trinajstić information content (AvgIpc) is 3.14. The summed E-state index contributed by atoms with van der Waals surface area (Å²) < 4.78 is 24.6. The van der Waals surface area contributed by atoms with Crippen LogP contribution in [-0.4, -0.2) is 23.4 Å². The molecule has 0 bridgehead atoms. The molecule has 0 spiro atoms. The molecule has 0 N–H and O–H groups in total. The number of hydrogen-bond acceptors (Lipinski definition) is 6. The van der Waals surface area contributed by atoms with E-state index in [1.807, 2.05) is 5.38 Å². The molecule has 0 aliphatic rings. The van der Waals surface area contributed by atoms with Crippen molar-refractivity contribution >= 4 is 27.8 Å². The van der Waals surface area contributed by atoms with Gasteiger partial charge in [-0.25, -0.2) is 14.4 Å². The van der Waals surface area contributed by atoms with Crippen LogP contribution in [0.4, 0.5) is 4.39 Å². The Hall–Kier alpha value is -3.32. The predicted octanol–water partition coefficient (Wildman–Crippen LogP) is 5.11. The Morgan fingerprint density at radius 3 is 2.63 bits per heavy atom. The van der Waals surface area contributed by atoms with Crippen molar-refractivity contribution in [2.24, 2.45) is 0 Å². The molecule has 2 aromatic heterocycles. The normalized spacial score (nSPS) is 10.7. The van der Waals surface area contributed by atoms with Crippen molar-refractivity contribution in [2.45, 2.75) is 0 Å². The molecule has 4 rings (SSSR count). The fourth-order valence-corrected chi connectivity index (χ4v) is 3.62. The third-order valence-corrected chi connectivity index (χ3v) is 4.91. The van der Waals surface area contributed by atoms with Gasteiger partial charge in [0.1, 0.15) is 23.3 Å². The first-order valence-corrected chi connectivity index (χ1v) is 8.87. The summed E-state index contributed by atoms with van der Waals surface area (Å²) in [6, 6.07) is 11.1. The number of aldehydes is 1. The second-order valence-corrected chi connectivity index (χ2v) is 6.50. The zero-order valence-corrected chi connectivity index (χ0v) is 15.0. The van der Waals surface area contributed by atoms with Crippen molar-refractivity contribution in [3.63, 3.8) is 0 Å². The van der Waals surface area contributed by atoms with Crippen LogP contribution in [0.3, 0.4) is 0 Å². The van der Waals surface area contributed by atoms with Crippen LogP contribution in [0.1, 0.15) is 10.4 Å². The number of rotatable bonds is 5. The number of aromatic nitrogens is 2. The molecule has 7 heteroatoms. The molecule has 27 heavy (non-hydrogen) atoms. The largest absolute Gasteiger partial charge is 0.493 e. The van der Waals surface area contributed by atoms with Crippen molar-refractivity contribution < 1.29 is 18.7 Å². The second-order valence-electron chi connectivity index (χ2n) is 5.65. The summed E-state index contributed by atoms with van der Waals surface area (Å²) in [5, 5.41) is 2.64. The molecular formula is C20H13FN2O3S. The fourth-order valence-electron chi connectivity index (χ4n) is 2.72. The van der Waals surface area contributed by atoms with Crippen molar-refractivity contribution in [2.75, 3.05) is 7.11 Å². The molecule has 5 nitrogen and oxygen atoms in total. The number of thiophene rings is 1. The van der Waals surface area contributed by atoms with Gasteiger partial charge >= 0.3 is 0 Å². The highest BCUT2D eigenvalue weighted by atomic mass is 32.1. The lowest BCUT2D eigenvalue weighted by atomic mass is 10.1. The van der Waals surface area contributed by atoms with Gasteiger partial charge in [-0.3, -0.25) is 4.79 Å². The van der Waals surface area contributed by atoms with Crippen molar-refractivity contribution in [1.29, 1.82) is 0 Å². The van der Waals surface area contributed by atoms with E-state index in [1.165, 1.54) is 36.9 Å². The monoisotopic (exact) mass is 380 g/mol. The molecule has 2 heterocycles. The molecule has 4 aromatic rings. The quantitative estimate of drug-likeness (QED) is 0.450. The number of nitrogens with zero attached hydrogens (tertiary/aromatic N) is 2. The van der Waals surface area contributed by atoms with E-state index in [1.54, 1.807) is 30.3 Å². The number of hydrogen-bond donors (Lipinski definition) is 0. The molecule has 0 aliphatic heterocycles. The summed E-state index contributed by atoms with van der Waals surface area (Å²) >= 11 is 1.44. The minimum absolute atomic E-state index is 0.304. The Morgan fingerprint density at radius 1 is 1.07 bits per heavy atom. The van der Waals surface area contributed by atoms with Gasteiger partial charge in [0.2, 0.25) is 5.88 Å². The molecule has 0 fully saturated rings. The van der Waals surface area contributed by atoms with Gasteiger partial charge in [-0.15, -0.1) is 11.3 Å². The van der Waals surface area contributed by atoms with E-state index in [2.05, 4.69) is 9.97 Å². The maximum atomic E-state index is 13.3. The van der Waals surface area contributed by atoms with E-state index < -0.39 is 0 Å². The molecule has 0 saturated carbocycles. The average molecular weight is 380 g/mol. The third kappa shape index (κ3) is 3.24. The van der Waals surface area contributed by atoms with Crippen molar-refractivity contribution in [3.05, 3.63) is 65.6 Å². The Bertz CT molecular complexity index is 1130. The minimum Gasteiger partial charge on any atom is -0.493 e. The summed E-state index contributed by atoms with van der Waals surface area (Å²) in [7, 11) is 1.52. The van der Waals surface area contributed by atoms with Gasteiger partial charge in [0.25, 0.3) is 0 Å². The van der Waals surface area contributed by atoms with Crippen molar-refractivity contribution in [3.8, 4) is 28.5 Å². The van der Waals surface area contributed by atoms with Crippen LogP contribution in [0.25, 0.3) is 21.3 Å². The first kappa shape index (κ1) is 17.1. The summed E-state index contributed by atoms with van der Waals surface area (Å²) in [6.07, 6.45) is 2.15. The standard InChI is InChI=1S/C20H13FN2O3S/c1-25-16-7-2-12(9-24)8-17(16)26-19-18-15(10-27-20(18)23-11-22-19)13-3-5-14(21)6-4-13/h2-11H,1H3. The van der Waals surface area contributed by atoms with Crippen LogP contribution in [0.5, 0.6) is 17.4 Å². The molecular weight excluding hydrogens is 367 g/mol. The van der Waals surface area contributed by atoms with Gasteiger partial charge in [-0.05, 0) is 35.9 Å². The van der Waals surface area contributed by atoms with E-state index in [0.29, 0.717) is 28.3 Å². The molecule has 0 aliphatic carbocycles. The highest BCUT2D eigenvalue weighted by Crippen LogP contribution is 2.40. The van der Waals surface area contributed by atoms with E-state index >= 15 is 0 Å². The van der Waals surface area contributed by atoms with E-state index in [4.69, 9.17) is 9.47 Å². The van der Waals surface area contributed by atoms with E-state index in [9.17, 15) is 9.18 Å². The summed E-state index contributed by atoms with van der Waals surface area (Å²) in [6.45, 7) is 0. The van der Waals surface area contributed by atoms with Crippen LogP contribution < -0.4 is 9.47 Å². The van der Waals surface area contributed by atoms with Crippen LogP contribution in [0, 0.1) is 5.82 Å². The lowest BCUT2D eigenvalue weighted by Crippen LogP contribution is -1.95. The van der Waals surface area contributed by atoms with Gasteiger partial charge in [0.05, 0.1) is 12.5 Å². The minimum atomic E-state index is -0.304. The first-order valence-electron chi connectivity index (χ1n) is 7.99. The lowest BCUT2D eigenvalue weighted by molar-refractivity contribution is 0.112. The molecule has 0 saturated heterocycles. The molecule has 0 atom stereocenters.